The third-order valence-electron chi connectivity index (χ3n) is 2.68. The van der Waals surface area contributed by atoms with Gasteiger partial charge in [-0.15, -0.1) is 0 Å². The van der Waals surface area contributed by atoms with Crippen molar-refractivity contribution < 1.29 is 9.53 Å². The third-order valence-corrected chi connectivity index (χ3v) is 2.97. The highest BCUT2D eigenvalue weighted by molar-refractivity contribution is 6.32. The minimum Gasteiger partial charge on any atom is -0.495 e. The minimum absolute atomic E-state index is 0.284. The van der Waals surface area contributed by atoms with Gasteiger partial charge in [-0.2, -0.15) is 0 Å². The van der Waals surface area contributed by atoms with Crippen molar-refractivity contribution in [3.63, 3.8) is 0 Å². The molecular weight excluding hydrogens is 224 g/mol. The van der Waals surface area contributed by atoms with E-state index in [4.69, 9.17) is 16.3 Å². The molecule has 88 valence electrons. The van der Waals surface area contributed by atoms with E-state index in [-0.39, 0.29) is 5.78 Å². The lowest BCUT2D eigenvalue weighted by Crippen LogP contribution is -2.00. The van der Waals surface area contributed by atoms with Crippen molar-refractivity contribution in [1.29, 1.82) is 0 Å². The lowest BCUT2D eigenvalue weighted by molar-refractivity contribution is -0.118. The van der Waals surface area contributed by atoms with Gasteiger partial charge >= 0.3 is 0 Å². The molecular formula is C13H17ClO2. The molecule has 0 aliphatic rings. The Morgan fingerprint density at radius 2 is 2.12 bits per heavy atom. The molecule has 0 radical (unpaired) electrons. The van der Waals surface area contributed by atoms with Crippen LogP contribution in [-0.2, 0) is 11.2 Å². The van der Waals surface area contributed by atoms with E-state index >= 15 is 0 Å². The molecule has 0 spiro atoms. The van der Waals surface area contributed by atoms with Gasteiger partial charge in [-0.05, 0) is 36.6 Å². The van der Waals surface area contributed by atoms with Crippen LogP contribution in [0.5, 0.6) is 5.75 Å². The standard InChI is InChI=1S/C13H17ClO2/c1-4-11(15)6-5-10-8-12(14)13(16-3)7-9(10)2/h7-8H,4-6H2,1-3H3. The molecule has 0 saturated heterocycles. The van der Waals surface area contributed by atoms with E-state index in [2.05, 4.69) is 0 Å². The van der Waals surface area contributed by atoms with Gasteiger partial charge in [-0.25, -0.2) is 0 Å². The molecule has 1 rings (SSSR count). The van der Waals surface area contributed by atoms with Gasteiger partial charge in [0.2, 0.25) is 0 Å². The summed E-state index contributed by atoms with van der Waals surface area (Å²) >= 11 is 6.04. The smallest absolute Gasteiger partial charge is 0.137 e. The zero-order valence-corrected chi connectivity index (χ0v) is 10.7. The van der Waals surface area contributed by atoms with Crippen molar-refractivity contribution >= 4 is 17.4 Å². The molecule has 16 heavy (non-hydrogen) atoms. The van der Waals surface area contributed by atoms with Gasteiger partial charge in [0.1, 0.15) is 11.5 Å². The lowest BCUT2D eigenvalue weighted by Gasteiger charge is -2.09. The monoisotopic (exact) mass is 240 g/mol. The molecule has 0 aromatic heterocycles. The fourth-order valence-electron chi connectivity index (χ4n) is 1.57. The fourth-order valence-corrected chi connectivity index (χ4v) is 1.84. The molecule has 0 amide bonds. The van der Waals surface area contributed by atoms with Crippen LogP contribution in [0.3, 0.4) is 0 Å². The molecule has 0 heterocycles. The summed E-state index contributed by atoms with van der Waals surface area (Å²) in [6.45, 7) is 3.89. The normalized spacial score (nSPS) is 10.2. The van der Waals surface area contributed by atoms with Crippen LogP contribution in [0.4, 0.5) is 0 Å². The highest BCUT2D eigenvalue weighted by atomic mass is 35.5. The molecule has 1 aromatic rings. The predicted octanol–water partition coefficient (Wildman–Crippen LogP) is 3.57. The first-order chi connectivity index (χ1) is 7.58. The van der Waals surface area contributed by atoms with E-state index in [0.717, 1.165) is 17.5 Å². The van der Waals surface area contributed by atoms with Crippen molar-refractivity contribution in [1.82, 2.24) is 0 Å². The molecule has 2 nitrogen and oxygen atoms in total. The Morgan fingerprint density at radius 3 is 2.69 bits per heavy atom. The number of rotatable bonds is 5. The molecule has 0 aliphatic carbocycles. The number of benzene rings is 1. The summed E-state index contributed by atoms with van der Waals surface area (Å²) < 4.78 is 5.13. The van der Waals surface area contributed by atoms with Gasteiger partial charge in [-0.1, -0.05) is 18.5 Å². The second-order valence-corrected chi connectivity index (χ2v) is 4.21. The number of ketones is 1. The summed E-state index contributed by atoms with van der Waals surface area (Å²) in [6, 6.07) is 3.80. The van der Waals surface area contributed by atoms with E-state index < -0.39 is 0 Å². The Bertz CT molecular complexity index is 386. The van der Waals surface area contributed by atoms with Crippen molar-refractivity contribution in [2.75, 3.05) is 7.11 Å². The summed E-state index contributed by atoms with van der Waals surface area (Å²) in [7, 11) is 1.60. The first kappa shape index (κ1) is 13.0. The Labute approximate surface area is 102 Å². The topological polar surface area (TPSA) is 26.3 Å². The van der Waals surface area contributed by atoms with Crippen LogP contribution >= 0.6 is 11.6 Å². The van der Waals surface area contributed by atoms with Gasteiger partial charge in [0.25, 0.3) is 0 Å². The quantitative estimate of drug-likeness (QED) is 0.787. The van der Waals surface area contributed by atoms with Crippen molar-refractivity contribution in [3.8, 4) is 5.75 Å². The van der Waals surface area contributed by atoms with Crippen LogP contribution in [-0.4, -0.2) is 12.9 Å². The average molecular weight is 241 g/mol. The van der Waals surface area contributed by atoms with Crippen LogP contribution in [0, 0.1) is 6.92 Å². The van der Waals surface area contributed by atoms with Crippen LogP contribution in [0.25, 0.3) is 0 Å². The summed E-state index contributed by atoms with van der Waals surface area (Å²) in [6.07, 6.45) is 1.94. The van der Waals surface area contributed by atoms with Crippen LogP contribution < -0.4 is 4.74 Å². The van der Waals surface area contributed by atoms with Gasteiger partial charge < -0.3 is 4.74 Å². The summed E-state index contributed by atoms with van der Waals surface area (Å²) in [5.74, 6) is 0.969. The Morgan fingerprint density at radius 1 is 1.44 bits per heavy atom. The molecule has 0 saturated carbocycles. The van der Waals surface area contributed by atoms with E-state index in [1.807, 2.05) is 26.0 Å². The van der Waals surface area contributed by atoms with Crippen molar-refractivity contribution in [2.45, 2.75) is 33.1 Å². The first-order valence-electron chi connectivity index (χ1n) is 5.43. The number of carbonyl (C=O) groups is 1. The molecule has 0 N–H and O–H groups in total. The van der Waals surface area contributed by atoms with Crippen molar-refractivity contribution in [2.24, 2.45) is 0 Å². The van der Waals surface area contributed by atoms with Gasteiger partial charge in [0, 0.05) is 12.8 Å². The average Bonchev–Trinajstić information content (AvgIpc) is 2.29. The Kier molecular flexibility index (Phi) is 4.81. The fraction of sp³-hybridized carbons (Fsp3) is 0.462. The largest absolute Gasteiger partial charge is 0.495 e. The molecule has 0 atom stereocenters. The van der Waals surface area contributed by atoms with E-state index in [0.29, 0.717) is 23.6 Å². The zero-order valence-electron chi connectivity index (χ0n) is 9.97. The highest BCUT2D eigenvalue weighted by Gasteiger charge is 2.07. The maximum atomic E-state index is 11.2. The van der Waals surface area contributed by atoms with E-state index in [9.17, 15) is 4.79 Å². The number of hydrogen-bond donors (Lipinski definition) is 0. The Hall–Kier alpha value is -1.02. The highest BCUT2D eigenvalue weighted by Crippen LogP contribution is 2.28. The number of ether oxygens (including phenoxy) is 1. The number of aryl methyl sites for hydroxylation is 2. The maximum Gasteiger partial charge on any atom is 0.137 e. The Balaban J connectivity index is 2.81. The second-order valence-electron chi connectivity index (χ2n) is 3.81. The molecule has 3 heteroatoms. The second kappa shape index (κ2) is 5.90. The van der Waals surface area contributed by atoms with E-state index in [1.54, 1.807) is 7.11 Å². The van der Waals surface area contributed by atoms with Crippen LogP contribution in [0.2, 0.25) is 5.02 Å². The number of methoxy groups -OCH3 is 1. The molecule has 0 fully saturated rings. The molecule has 0 unspecified atom stereocenters. The number of Topliss-reactive ketones (excluding diaryl/α,β-unsaturated/α-hetero) is 1. The number of hydrogen-bond acceptors (Lipinski definition) is 2. The van der Waals surface area contributed by atoms with Crippen LogP contribution in [0.15, 0.2) is 12.1 Å². The third kappa shape index (κ3) is 3.24. The minimum atomic E-state index is 0.284. The van der Waals surface area contributed by atoms with Gasteiger partial charge in [-0.3, -0.25) is 4.79 Å². The molecule has 1 aromatic carbocycles. The number of carbonyl (C=O) groups excluding carboxylic acids is 1. The zero-order chi connectivity index (χ0) is 12.1. The van der Waals surface area contributed by atoms with Gasteiger partial charge in [0.05, 0.1) is 12.1 Å². The van der Waals surface area contributed by atoms with Gasteiger partial charge in [0.15, 0.2) is 0 Å². The lowest BCUT2D eigenvalue weighted by atomic mass is 10.0. The van der Waals surface area contributed by atoms with Crippen LogP contribution in [0.1, 0.15) is 30.9 Å². The maximum absolute atomic E-state index is 11.2. The number of halogens is 1. The first-order valence-corrected chi connectivity index (χ1v) is 5.81. The predicted molar refractivity (Wildman–Crippen MR) is 66.4 cm³/mol. The summed E-state index contributed by atoms with van der Waals surface area (Å²) in [5, 5.41) is 0.604. The summed E-state index contributed by atoms with van der Waals surface area (Å²) in [5.41, 5.74) is 2.23. The molecule has 0 aliphatic heterocycles. The SMILES string of the molecule is CCC(=O)CCc1cc(Cl)c(OC)cc1C. The summed E-state index contributed by atoms with van der Waals surface area (Å²) in [4.78, 5) is 11.2. The van der Waals surface area contributed by atoms with Crippen molar-refractivity contribution in [3.05, 3.63) is 28.3 Å². The molecule has 0 bridgehead atoms. The van der Waals surface area contributed by atoms with E-state index in [1.165, 1.54) is 0 Å².